The lowest BCUT2D eigenvalue weighted by atomic mass is 10.0. The predicted octanol–water partition coefficient (Wildman–Crippen LogP) is -0.160. The van der Waals surface area contributed by atoms with Crippen LogP contribution in [-0.4, -0.2) is 102 Å². The van der Waals surface area contributed by atoms with Crippen LogP contribution in [-0.2, 0) is 9.47 Å². The minimum atomic E-state index is 0.0800. The number of hydrogen-bond donors (Lipinski definition) is 2. The van der Waals surface area contributed by atoms with E-state index in [1.54, 1.807) is 7.11 Å². The summed E-state index contributed by atoms with van der Waals surface area (Å²) >= 11 is 0. The van der Waals surface area contributed by atoms with Crippen LogP contribution < -0.4 is 10.6 Å². The zero-order valence-corrected chi connectivity index (χ0v) is 15.5. The first kappa shape index (κ1) is 20.2. The highest BCUT2D eigenvalue weighted by atomic mass is 16.5. The first-order valence-electron chi connectivity index (χ1n) is 8.44. The number of hydrogen-bond acceptors (Lipinski definition) is 5. The minimum Gasteiger partial charge on any atom is -0.383 e. The second-order valence-electron chi connectivity index (χ2n) is 6.56. The van der Waals surface area contributed by atoms with E-state index in [4.69, 9.17) is 9.47 Å². The molecule has 0 bridgehead atoms. The second-order valence-corrected chi connectivity index (χ2v) is 6.56. The molecule has 1 fully saturated rings. The monoisotopic (exact) mass is 329 g/mol. The topological polar surface area (TPSA) is 61.4 Å². The Kier molecular flexibility index (Phi) is 9.47. The van der Waals surface area contributed by atoms with Crippen molar-refractivity contribution < 1.29 is 9.47 Å². The number of rotatable bonds is 9. The molecule has 136 valence electrons. The summed E-state index contributed by atoms with van der Waals surface area (Å²) in [6.45, 7) is 12.5. The molecule has 0 aromatic rings. The van der Waals surface area contributed by atoms with Crippen LogP contribution in [0.3, 0.4) is 0 Å². The van der Waals surface area contributed by atoms with Gasteiger partial charge in [-0.2, -0.15) is 0 Å². The summed E-state index contributed by atoms with van der Waals surface area (Å²) in [4.78, 5) is 9.01. The molecule has 0 amide bonds. The van der Waals surface area contributed by atoms with Crippen LogP contribution >= 0.6 is 0 Å². The molecule has 1 saturated heterocycles. The molecule has 0 radical (unpaired) electrons. The lowest BCUT2D eigenvalue weighted by Gasteiger charge is -2.41. The second kappa shape index (κ2) is 10.8. The summed E-state index contributed by atoms with van der Waals surface area (Å²) in [5.41, 5.74) is 0.0800. The number of nitrogens with one attached hydrogen (secondary N) is 2. The summed E-state index contributed by atoms with van der Waals surface area (Å²) in [5.74, 6) is 0.853. The highest BCUT2D eigenvalue weighted by Crippen LogP contribution is 2.14. The average Bonchev–Trinajstić information content (AvgIpc) is 2.56. The third kappa shape index (κ3) is 7.97. The van der Waals surface area contributed by atoms with E-state index in [0.29, 0.717) is 0 Å². The van der Waals surface area contributed by atoms with Crippen molar-refractivity contribution in [1.82, 2.24) is 20.4 Å². The average molecular weight is 329 g/mol. The molecule has 0 aromatic carbocycles. The number of guanidine groups is 1. The lowest BCUT2D eigenvalue weighted by molar-refractivity contribution is -0.00834. The van der Waals surface area contributed by atoms with Crippen molar-refractivity contribution in [2.75, 3.05) is 80.3 Å². The Balaban J connectivity index is 2.27. The lowest BCUT2D eigenvalue weighted by Crippen LogP contribution is -2.56. The maximum Gasteiger partial charge on any atom is 0.191 e. The molecule has 0 aromatic heterocycles. The molecule has 2 N–H and O–H groups in total. The van der Waals surface area contributed by atoms with Gasteiger partial charge in [0, 0.05) is 59.0 Å². The molecule has 23 heavy (non-hydrogen) atoms. The van der Waals surface area contributed by atoms with Crippen molar-refractivity contribution >= 4 is 5.96 Å². The zero-order valence-electron chi connectivity index (χ0n) is 15.5. The van der Waals surface area contributed by atoms with Crippen molar-refractivity contribution in [2.45, 2.75) is 19.4 Å². The van der Waals surface area contributed by atoms with Gasteiger partial charge in [-0.05, 0) is 20.9 Å². The molecule has 0 atom stereocenters. The van der Waals surface area contributed by atoms with Gasteiger partial charge >= 0.3 is 0 Å². The van der Waals surface area contributed by atoms with Gasteiger partial charge in [0.2, 0.25) is 0 Å². The molecule has 1 aliphatic rings. The van der Waals surface area contributed by atoms with Crippen LogP contribution in [0.2, 0.25) is 0 Å². The van der Waals surface area contributed by atoms with Crippen LogP contribution in [0.4, 0.5) is 0 Å². The van der Waals surface area contributed by atoms with Crippen LogP contribution in [0.1, 0.15) is 13.8 Å². The maximum atomic E-state index is 5.43. The highest BCUT2D eigenvalue weighted by molar-refractivity contribution is 5.79. The smallest absolute Gasteiger partial charge is 0.191 e. The molecule has 0 unspecified atom stereocenters. The van der Waals surface area contributed by atoms with Crippen molar-refractivity contribution in [3.8, 4) is 0 Å². The quantitative estimate of drug-likeness (QED) is 0.453. The van der Waals surface area contributed by atoms with Gasteiger partial charge in [-0.1, -0.05) is 0 Å². The molecule has 0 spiro atoms. The Hall–Kier alpha value is -0.890. The standard InChI is InChI=1S/C16H35N5O2/c1-16(2,21-9-12-23-13-10-21)14-19-15(17-3)18-6-7-20(4)8-11-22-5/h6-14H2,1-5H3,(H2,17,18,19). The molecule has 7 heteroatoms. The van der Waals surface area contributed by atoms with E-state index in [0.717, 1.165) is 65.0 Å². The van der Waals surface area contributed by atoms with Gasteiger partial charge in [0.05, 0.1) is 19.8 Å². The Bertz CT molecular complexity index is 343. The molecule has 0 saturated carbocycles. The van der Waals surface area contributed by atoms with Crippen molar-refractivity contribution in [1.29, 1.82) is 0 Å². The Labute approximate surface area is 141 Å². The van der Waals surface area contributed by atoms with Crippen molar-refractivity contribution in [3.63, 3.8) is 0 Å². The van der Waals surface area contributed by atoms with Gasteiger partial charge in [-0.15, -0.1) is 0 Å². The van der Waals surface area contributed by atoms with Crippen LogP contribution in [0, 0.1) is 0 Å². The van der Waals surface area contributed by atoms with Crippen LogP contribution in [0.5, 0.6) is 0 Å². The van der Waals surface area contributed by atoms with E-state index < -0.39 is 0 Å². The fourth-order valence-electron chi connectivity index (χ4n) is 2.53. The van der Waals surface area contributed by atoms with Crippen LogP contribution in [0.15, 0.2) is 4.99 Å². The number of nitrogens with zero attached hydrogens (tertiary/aromatic N) is 3. The Morgan fingerprint density at radius 3 is 2.57 bits per heavy atom. The third-order valence-corrected chi connectivity index (χ3v) is 4.24. The molecule has 7 nitrogen and oxygen atoms in total. The van der Waals surface area contributed by atoms with E-state index in [1.807, 2.05) is 7.05 Å². The fourth-order valence-corrected chi connectivity index (χ4v) is 2.53. The number of likely N-dealkylation sites (N-methyl/N-ethyl adjacent to an activating group) is 1. The normalized spacial score (nSPS) is 17.6. The van der Waals surface area contributed by atoms with Crippen molar-refractivity contribution in [3.05, 3.63) is 0 Å². The maximum absolute atomic E-state index is 5.43. The summed E-state index contributed by atoms with van der Waals surface area (Å²) in [7, 11) is 5.64. The van der Waals surface area contributed by atoms with E-state index in [-0.39, 0.29) is 5.54 Å². The van der Waals surface area contributed by atoms with Gasteiger partial charge in [-0.3, -0.25) is 9.89 Å². The van der Waals surface area contributed by atoms with Gasteiger partial charge in [0.25, 0.3) is 0 Å². The first-order chi connectivity index (χ1) is 11.0. The first-order valence-corrected chi connectivity index (χ1v) is 8.44. The van der Waals surface area contributed by atoms with Gasteiger partial charge in [0.1, 0.15) is 0 Å². The Morgan fingerprint density at radius 2 is 1.96 bits per heavy atom. The summed E-state index contributed by atoms with van der Waals surface area (Å²) in [6.07, 6.45) is 0. The fraction of sp³-hybridized carbons (Fsp3) is 0.938. The van der Waals surface area contributed by atoms with Crippen molar-refractivity contribution in [2.24, 2.45) is 4.99 Å². The SMILES string of the molecule is CN=C(NCCN(C)CCOC)NCC(C)(C)N1CCOCC1. The molecule has 1 rings (SSSR count). The zero-order chi connectivity index (χ0) is 17.1. The number of ether oxygens (including phenoxy) is 2. The van der Waals surface area contributed by atoms with E-state index in [9.17, 15) is 0 Å². The van der Waals surface area contributed by atoms with E-state index >= 15 is 0 Å². The Morgan fingerprint density at radius 1 is 1.26 bits per heavy atom. The number of aliphatic imine (C=N–C) groups is 1. The number of methoxy groups -OCH3 is 1. The summed E-state index contributed by atoms with van der Waals surface area (Å²) in [6, 6.07) is 0. The summed E-state index contributed by atoms with van der Waals surface area (Å²) < 4.78 is 10.5. The minimum absolute atomic E-state index is 0.0800. The highest BCUT2D eigenvalue weighted by Gasteiger charge is 2.28. The largest absolute Gasteiger partial charge is 0.383 e. The molecule has 0 aliphatic carbocycles. The van der Waals surface area contributed by atoms with Gasteiger partial charge < -0.3 is 25.0 Å². The van der Waals surface area contributed by atoms with E-state index in [2.05, 4.69) is 46.3 Å². The number of morpholine rings is 1. The molecule has 1 aliphatic heterocycles. The van der Waals surface area contributed by atoms with Gasteiger partial charge in [-0.25, -0.2) is 0 Å². The van der Waals surface area contributed by atoms with E-state index in [1.165, 1.54) is 0 Å². The molecular formula is C16H35N5O2. The summed E-state index contributed by atoms with van der Waals surface area (Å²) in [5, 5.41) is 6.80. The van der Waals surface area contributed by atoms with Crippen LogP contribution in [0.25, 0.3) is 0 Å². The molecular weight excluding hydrogens is 294 g/mol. The van der Waals surface area contributed by atoms with Gasteiger partial charge in [0.15, 0.2) is 5.96 Å². The predicted molar refractivity (Wildman–Crippen MR) is 95.2 cm³/mol. The molecule has 1 heterocycles. The third-order valence-electron chi connectivity index (χ3n) is 4.24.